The number of ether oxygens (including phenoxy) is 1. The van der Waals surface area contributed by atoms with E-state index in [0.717, 1.165) is 9.80 Å². The predicted molar refractivity (Wildman–Crippen MR) is 355 cm³/mol. The number of esters is 1. The van der Waals surface area contributed by atoms with Gasteiger partial charge in [-0.25, -0.2) is 0 Å². The monoisotopic (exact) mass is 1320 g/mol. The molecule has 2 fully saturated rings. The van der Waals surface area contributed by atoms with Crippen molar-refractivity contribution < 1.29 is 67.4 Å². The number of fused-ring (bicyclic) bond motifs is 2. The molecule has 2 rings (SSSR count). The summed E-state index contributed by atoms with van der Waals surface area (Å²) in [6, 6.07) is -14.4. The molecule has 2 aliphatic heterocycles. The summed E-state index contributed by atoms with van der Waals surface area (Å²) < 4.78 is 4.85. The highest BCUT2D eigenvalue weighted by molar-refractivity contribution is 7.99. The second kappa shape index (κ2) is 37.0. The van der Waals surface area contributed by atoms with Crippen LogP contribution in [-0.2, 0) is 62.3 Å². The summed E-state index contributed by atoms with van der Waals surface area (Å²) in [5.41, 5.74) is 0. The molecule has 14 atom stereocenters. The van der Waals surface area contributed by atoms with E-state index in [4.69, 9.17) is 4.74 Å². The number of nitrogens with one attached hydrogen (secondary N) is 3. The van der Waals surface area contributed by atoms with Crippen LogP contribution in [0.3, 0.4) is 0 Å². The summed E-state index contributed by atoms with van der Waals surface area (Å²) >= 11 is 1.17. The molecule has 0 saturated carbocycles. The predicted octanol–water partition coefficient (Wildman–Crippen LogP) is 3.39. The van der Waals surface area contributed by atoms with Crippen molar-refractivity contribution in [1.82, 2.24) is 55.1 Å². The zero-order valence-electron chi connectivity index (χ0n) is 59.7. The van der Waals surface area contributed by atoms with Gasteiger partial charge >= 0.3 is 5.97 Å². The summed E-state index contributed by atoms with van der Waals surface area (Å²) in [6.07, 6.45) is 2.72. The van der Waals surface area contributed by atoms with Crippen LogP contribution < -0.4 is 16.0 Å². The van der Waals surface area contributed by atoms with Crippen molar-refractivity contribution in [2.45, 2.75) is 234 Å². The van der Waals surface area contributed by atoms with Crippen molar-refractivity contribution in [3.8, 4) is 0 Å². The van der Waals surface area contributed by atoms with Gasteiger partial charge in [0, 0.05) is 66.9 Å². The molecule has 11 amide bonds. The van der Waals surface area contributed by atoms with Crippen molar-refractivity contribution >= 4 is 82.7 Å². The Labute approximate surface area is 552 Å². The summed E-state index contributed by atoms with van der Waals surface area (Å²) in [6.45, 7) is 27.9. The van der Waals surface area contributed by atoms with Gasteiger partial charge in [-0.3, -0.25) is 57.5 Å². The van der Waals surface area contributed by atoms with Crippen LogP contribution in [0.15, 0.2) is 12.2 Å². The SMILES string of the molecule is CC=CC[C@@H](C)[C@@H](O)[C@@H]1C(=O)N[C@H](CC)C(=O)N(C)[C@H](CSCCC(=O)OC)C(=O)N(C)[C@@H](CC(C)C)C(=O)N[C@H](C(C)C)C(=O)N(C)[C@@H]2CC(C)N(C2=O)[C@H](C)C(=O)N[C@@H](C)C(=O)N(C)[C@H](CC(C)C)C(=O)N(C)[C@H](CC(C)C)C(=O)N(C)[C@H](C(C)C)C(=O)N1C. The van der Waals surface area contributed by atoms with Crippen LogP contribution in [0.25, 0.3) is 0 Å². The molecule has 0 aliphatic carbocycles. The molecule has 2 heterocycles. The van der Waals surface area contributed by atoms with Gasteiger partial charge in [-0.1, -0.05) is 95.2 Å². The Morgan fingerprint density at radius 3 is 1.53 bits per heavy atom. The lowest BCUT2D eigenvalue weighted by Gasteiger charge is -2.41. The van der Waals surface area contributed by atoms with E-state index in [0.29, 0.717) is 0 Å². The van der Waals surface area contributed by atoms with Gasteiger partial charge in [-0.2, -0.15) is 11.8 Å². The molecule has 0 spiro atoms. The number of methoxy groups -OCH3 is 1. The van der Waals surface area contributed by atoms with Crippen LogP contribution in [-0.4, -0.2) is 262 Å². The van der Waals surface area contributed by atoms with Crippen molar-refractivity contribution in [3.63, 3.8) is 0 Å². The first-order chi connectivity index (χ1) is 42.7. The molecule has 0 aromatic carbocycles. The molecule has 524 valence electrons. The average Bonchev–Trinajstić information content (AvgIpc) is 1.45. The third kappa shape index (κ3) is 21.1. The highest BCUT2D eigenvalue weighted by Crippen LogP contribution is 2.29. The Hall–Kier alpha value is -6.31. The van der Waals surface area contributed by atoms with E-state index in [1.54, 1.807) is 67.5 Å². The largest absolute Gasteiger partial charge is 0.469 e. The fourth-order valence-corrected chi connectivity index (χ4v) is 13.2. The Balaban J connectivity index is 3.09. The molecule has 0 radical (unpaired) electrons. The molecular weight excluding hydrogens is 1200 g/mol. The van der Waals surface area contributed by atoms with E-state index in [1.165, 1.54) is 111 Å². The van der Waals surface area contributed by atoms with Crippen LogP contribution >= 0.6 is 11.8 Å². The van der Waals surface area contributed by atoms with E-state index in [2.05, 4.69) is 16.0 Å². The number of allylic oxidation sites excluding steroid dienone is 2. The van der Waals surface area contributed by atoms with Crippen molar-refractivity contribution in [2.75, 3.05) is 67.9 Å². The number of likely N-dealkylation sites (N-methyl/N-ethyl adjacent to an activating group) is 7. The highest BCUT2D eigenvalue weighted by Gasteiger charge is 2.49. The molecule has 1 unspecified atom stereocenters. The first-order valence-electron chi connectivity index (χ1n) is 32.7. The summed E-state index contributed by atoms with van der Waals surface area (Å²) in [5.74, 6) is -10.3. The Kier molecular flexibility index (Phi) is 32.9. The number of nitrogens with zero attached hydrogens (tertiary/aromatic N) is 8. The van der Waals surface area contributed by atoms with Gasteiger partial charge in [0.1, 0.15) is 66.5 Å². The van der Waals surface area contributed by atoms with Crippen LogP contribution in [0.1, 0.15) is 156 Å². The van der Waals surface area contributed by atoms with Crippen molar-refractivity contribution in [1.29, 1.82) is 0 Å². The number of thioether (sulfide) groups is 1. The maximum atomic E-state index is 15.3. The van der Waals surface area contributed by atoms with Crippen LogP contribution in [0, 0.1) is 35.5 Å². The van der Waals surface area contributed by atoms with Crippen LogP contribution in [0.5, 0.6) is 0 Å². The smallest absolute Gasteiger partial charge is 0.306 e. The van der Waals surface area contributed by atoms with E-state index in [9.17, 15) is 33.9 Å². The zero-order chi connectivity index (χ0) is 70.8. The number of rotatable bonds is 18. The molecule has 25 nitrogen and oxygen atoms in total. The van der Waals surface area contributed by atoms with Gasteiger partial charge in [-0.05, 0) is 102 Å². The molecule has 0 aromatic rings. The highest BCUT2D eigenvalue weighted by atomic mass is 32.2. The molecule has 0 aromatic heterocycles. The normalized spacial score (nSPS) is 27.8. The fourth-order valence-electron chi connectivity index (χ4n) is 12.1. The standard InChI is InChI=1S/C66H115N11O14S/c1-25-27-28-41(13)55(79)54-58(82)68-45(26-2)60(84)74(21)50(35-92-30-29-51(78)91-24)63(87)70(17)46(31-36(3)4)57(81)69-52(39(9)10)65(89)73(20)49-34-42(14)77(64(49)88)44(16)56(80)67-43(15)59(83)71(18)47(32-37(5)6)61(85)72(19)48(33-38(7)8)62(86)75(22)53(40(11)12)66(90)76(54)23/h25,27,36-50,52-55,79H,26,28-35H2,1-24H3,(H,67,80)(H,68,82)(H,69,81)/t41-,42?,43+,44-,45-,46+,47-,48-,49-,50-,52-,53-,54-,55-/m1/s1. The van der Waals surface area contributed by atoms with Gasteiger partial charge in [0.25, 0.3) is 0 Å². The number of aliphatic hydroxyl groups is 1. The lowest BCUT2D eigenvalue weighted by Crippen LogP contribution is -2.64. The van der Waals surface area contributed by atoms with Crippen molar-refractivity contribution in [3.05, 3.63) is 12.2 Å². The second-order valence-corrected chi connectivity index (χ2v) is 28.5. The third-order valence-corrected chi connectivity index (χ3v) is 19.0. The Bertz CT molecular complexity index is 2600. The van der Waals surface area contributed by atoms with Crippen LogP contribution in [0.4, 0.5) is 0 Å². The minimum absolute atomic E-state index is 0.0319. The van der Waals surface area contributed by atoms with E-state index in [-0.39, 0.29) is 74.2 Å². The zero-order valence-corrected chi connectivity index (χ0v) is 60.5. The first-order valence-corrected chi connectivity index (χ1v) is 33.9. The third-order valence-electron chi connectivity index (χ3n) is 18.0. The fraction of sp³-hybridized carbons (Fsp3) is 0.788. The molecule has 4 N–H and O–H groups in total. The summed E-state index contributed by atoms with van der Waals surface area (Å²) in [4.78, 5) is 186. The topological polar surface area (TPSA) is 296 Å². The summed E-state index contributed by atoms with van der Waals surface area (Å²) in [5, 5.41) is 20.7. The molecule has 92 heavy (non-hydrogen) atoms. The lowest BCUT2D eigenvalue weighted by atomic mass is 9.91. The van der Waals surface area contributed by atoms with Crippen molar-refractivity contribution in [2.24, 2.45) is 35.5 Å². The Morgan fingerprint density at radius 1 is 0.565 bits per heavy atom. The van der Waals surface area contributed by atoms with E-state index < -0.39 is 167 Å². The number of hydrogen-bond donors (Lipinski definition) is 4. The summed E-state index contributed by atoms with van der Waals surface area (Å²) in [7, 11) is 11.2. The second-order valence-electron chi connectivity index (χ2n) is 27.4. The molecule has 2 saturated heterocycles. The number of hydrogen-bond acceptors (Lipinski definition) is 15. The minimum Gasteiger partial charge on any atom is -0.469 e. The molecular formula is C66H115N11O14S. The van der Waals surface area contributed by atoms with Gasteiger partial charge in [0.05, 0.1) is 19.6 Å². The van der Waals surface area contributed by atoms with Gasteiger partial charge in [0.2, 0.25) is 65.0 Å². The van der Waals surface area contributed by atoms with Gasteiger partial charge in [-0.15, -0.1) is 0 Å². The lowest BCUT2D eigenvalue weighted by molar-refractivity contribution is -0.157. The van der Waals surface area contributed by atoms with Gasteiger partial charge in [0.15, 0.2) is 0 Å². The number of amides is 11. The number of carbonyl (C=O) groups is 12. The Morgan fingerprint density at radius 2 is 1.04 bits per heavy atom. The van der Waals surface area contributed by atoms with E-state index in [1.807, 2.05) is 41.5 Å². The molecule has 2 aliphatic rings. The number of aliphatic hydroxyl groups excluding tert-OH is 1. The number of carbonyl (C=O) groups excluding carboxylic acids is 12. The van der Waals surface area contributed by atoms with E-state index >= 15 is 28.8 Å². The first kappa shape index (κ1) is 81.8. The molecule has 26 heteroatoms. The molecule has 2 bridgehead atoms. The maximum absolute atomic E-state index is 15.3. The van der Waals surface area contributed by atoms with Crippen LogP contribution in [0.2, 0.25) is 0 Å². The maximum Gasteiger partial charge on any atom is 0.306 e. The van der Waals surface area contributed by atoms with Gasteiger partial charge < -0.3 is 65.0 Å². The quantitative estimate of drug-likeness (QED) is 0.0869. The minimum atomic E-state index is -1.67. The average molecular weight is 1320 g/mol.